The van der Waals surface area contributed by atoms with Gasteiger partial charge in [0.2, 0.25) is 0 Å². The minimum atomic E-state index is -0.372. The van der Waals surface area contributed by atoms with Crippen molar-refractivity contribution in [1.29, 1.82) is 0 Å². The topological polar surface area (TPSA) is 88.0 Å². The maximum Gasteiger partial charge on any atom is 0.280 e. The Bertz CT molecular complexity index is 1090. The number of amides is 1. The first-order valence-corrected chi connectivity index (χ1v) is 11.8. The van der Waals surface area contributed by atoms with E-state index in [0.29, 0.717) is 22.5 Å². The number of hydrogen-bond donors (Lipinski definition) is 2. The van der Waals surface area contributed by atoms with Crippen LogP contribution in [0.4, 0.5) is 0 Å². The van der Waals surface area contributed by atoms with E-state index in [1.165, 1.54) is 16.9 Å². The Labute approximate surface area is 191 Å². The number of aliphatic hydroxyl groups excluding tert-OH is 1. The van der Waals surface area contributed by atoms with Gasteiger partial charge < -0.3 is 10.4 Å². The zero-order valence-electron chi connectivity index (χ0n) is 18.0. The van der Waals surface area contributed by atoms with Crippen molar-refractivity contribution in [3.8, 4) is 0 Å². The third-order valence-electron chi connectivity index (χ3n) is 6.04. The first-order chi connectivity index (χ1) is 14.7. The van der Waals surface area contributed by atoms with Crippen LogP contribution in [0.25, 0.3) is 10.3 Å². The van der Waals surface area contributed by atoms with E-state index in [2.05, 4.69) is 42.1 Å². The van der Waals surface area contributed by atoms with Crippen LogP contribution in [0, 0.1) is 11.3 Å². The van der Waals surface area contributed by atoms with Crippen molar-refractivity contribution in [2.45, 2.75) is 52.5 Å². The van der Waals surface area contributed by atoms with E-state index >= 15 is 0 Å². The molecular formula is C23H27ClN4O2S. The van der Waals surface area contributed by atoms with Gasteiger partial charge in [0.05, 0.1) is 6.04 Å². The lowest BCUT2D eigenvalue weighted by Gasteiger charge is -2.34. The van der Waals surface area contributed by atoms with Crippen LogP contribution in [-0.2, 0) is 12.8 Å². The van der Waals surface area contributed by atoms with Gasteiger partial charge in [-0.15, -0.1) is 0 Å². The van der Waals surface area contributed by atoms with E-state index in [1.54, 1.807) is 18.3 Å². The summed E-state index contributed by atoms with van der Waals surface area (Å²) in [7, 11) is 0. The van der Waals surface area contributed by atoms with E-state index in [9.17, 15) is 9.90 Å². The number of nitrogens with one attached hydrogen (secondary N) is 1. The summed E-state index contributed by atoms with van der Waals surface area (Å²) in [5.41, 5.74) is 4.21. The summed E-state index contributed by atoms with van der Waals surface area (Å²) in [5.74, 6) is 0.342. The van der Waals surface area contributed by atoms with Crippen molar-refractivity contribution in [1.82, 2.24) is 20.3 Å². The van der Waals surface area contributed by atoms with Crippen LogP contribution in [0.3, 0.4) is 0 Å². The number of hydrogen-bond acceptors (Lipinski definition) is 6. The smallest absolute Gasteiger partial charge is 0.280 e. The highest BCUT2D eigenvalue weighted by atomic mass is 35.5. The quantitative estimate of drug-likeness (QED) is 0.539. The van der Waals surface area contributed by atoms with Crippen LogP contribution in [0.5, 0.6) is 0 Å². The fourth-order valence-electron chi connectivity index (χ4n) is 4.11. The van der Waals surface area contributed by atoms with Gasteiger partial charge in [-0.1, -0.05) is 49.8 Å². The van der Waals surface area contributed by atoms with Gasteiger partial charge in [0.1, 0.15) is 15.5 Å². The van der Waals surface area contributed by atoms with Gasteiger partial charge in [-0.05, 0) is 60.3 Å². The van der Waals surface area contributed by atoms with Gasteiger partial charge in [0.15, 0.2) is 5.01 Å². The Hall–Kier alpha value is -2.09. The normalized spacial score (nSPS) is 17.4. The Balaban J connectivity index is 1.56. The number of aliphatic hydroxyl groups is 1. The van der Waals surface area contributed by atoms with Gasteiger partial charge in [0.25, 0.3) is 5.91 Å². The fraction of sp³-hybridized carbons (Fsp3) is 0.478. The van der Waals surface area contributed by atoms with E-state index in [0.717, 1.165) is 40.9 Å². The number of rotatable bonds is 5. The third kappa shape index (κ3) is 4.89. The van der Waals surface area contributed by atoms with Gasteiger partial charge >= 0.3 is 0 Å². The second-order valence-electron chi connectivity index (χ2n) is 9.20. The molecule has 0 bridgehead atoms. The molecule has 4 rings (SSSR count). The number of nitrogens with zero attached hydrogens (tertiary/aromatic N) is 3. The van der Waals surface area contributed by atoms with Crippen LogP contribution < -0.4 is 5.32 Å². The molecule has 1 amide bonds. The predicted octanol–water partition coefficient (Wildman–Crippen LogP) is 4.74. The van der Waals surface area contributed by atoms with E-state index in [-0.39, 0.29) is 24.0 Å². The number of thiazole rings is 1. The summed E-state index contributed by atoms with van der Waals surface area (Å²) < 4.78 is 0. The van der Waals surface area contributed by atoms with Gasteiger partial charge in [-0.2, -0.15) is 0 Å². The summed E-state index contributed by atoms with van der Waals surface area (Å²) in [5, 5.41) is 13.2. The number of aryl methyl sites for hydroxylation is 1. The Morgan fingerprint density at radius 2 is 2.16 bits per heavy atom. The summed E-state index contributed by atoms with van der Waals surface area (Å²) in [6.07, 6.45) is 5.10. The zero-order valence-corrected chi connectivity index (χ0v) is 19.6. The van der Waals surface area contributed by atoms with Crippen molar-refractivity contribution in [3.63, 3.8) is 0 Å². The van der Waals surface area contributed by atoms with Crippen LogP contribution in [-0.4, -0.2) is 32.6 Å². The Morgan fingerprint density at radius 3 is 2.84 bits per heavy atom. The zero-order chi connectivity index (χ0) is 22.2. The highest BCUT2D eigenvalue weighted by Crippen LogP contribution is 2.38. The molecule has 3 aromatic rings. The number of halogens is 1. The van der Waals surface area contributed by atoms with Crippen LogP contribution in [0.15, 0.2) is 24.4 Å². The lowest BCUT2D eigenvalue weighted by molar-refractivity contribution is 0.0929. The third-order valence-corrected chi connectivity index (χ3v) is 7.23. The monoisotopic (exact) mass is 458 g/mol. The standard InChI is InChI=1S/C23H27ClN4O2S/c1-23(2,3)15-5-6-16-14(10-15)11-18-21(27-16)31-22(28-18)20(30)26-17(8-9-29)13-4-7-19(24)25-12-13/h4,7,11-12,15,17,29H,5-6,8-10H2,1-3H3,(H,26,30)/t15-,17?/m0/s1. The molecule has 1 aliphatic rings. The number of aromatic nitrogens is 3. The van der Waals surface area contributed by atoms with Gasteiger partial charge in [-0.25, -0.2) is 15.0 Å². The van der Waals surface area contributed by atoms with Crippen molar-refractivity contribution < 1.29 is 9.90 Å². The van der Waals surface area contributed by atoms with Gasteiger partial charge in [-0.3, -0.25) is 4.79 Å². The molecule has 0 saturated heterocycles. The number of carbonyl (C=O) groups is 1. The fourth-order valence-corrected chi connectivity index (χ4v) is 5.07. The number of pyridine rings is 2. The molecule has 6 nitrogen and oxygen atoms in total. The lowest BCUT2D eigenvalue weighted by Crippen LogP contribution is -2.29. The maximum absolute atomic E-state index is 12.9. The largest absolute Gasteiger partial charge is 0.396 e. The SMILES string of the molecule is CC(C)(C)[C@H]1CCc2nc3sc(C(=O)NC(CCO)c4ccc(Cl)nc4)nc3cc2C1. The van der Waals surface area contributed by atoms with Crippen molar-refractivity contribution >= 4 is 39.2 Å². The summed E-state index contributed by atoms with van der Waals surface area (Å²) >= 11 is 7.17. The van der Waals surface area contributed by atoms with E-state index < -0.39 is 0 Å². The Kier molecular flexibility index (Phi) is 6.28. The first kappa shape index (κ1) is 22.1. The Morgan fingerprint density at radius 1 is 1.35 bits per heavy atom. The lowest BCUT2D eigenvalue weighted by atomic mass is 9.71. The molecule has 0 saturated carbocycles. The molecule has 1 aliphatic carbocycles. The molecule has 3 heterocycles. The molecule has 2 N–H and O–H groups in total. The van der Waals surface area contributed by atoms with Crippen molar-refractivity contribution in [2.24, 2.45) is 11.3 Å². The van der Waals surface area contributed by atoms with Crippen LogP contribution in [0.1, 0.15) is 66.3 Å². The molecule has 164 valence electrons. The minimum Gasteiger partial charge on any atom is -0.396 e. The average molecular weight is 459 g/mol. The number of fused-ring (bicyclic) bond motifs is 2. The van der Waals surface area contributed by atoms with Crippen LogP contribution >= 0.6 is 22.9 Å². The molecule has 3 aromatic heterocycles. The number of carbonyl (C=O) groups excluding carboxylic acids is 1. The molecule has 0 spiro atoms. The molecule has 2 atom stereocenters. The van der Waals surface area contributed by atoms with E-state index in [4.69, 9.17) is 16.6 Å². The summed E-state index contributed by atoms with van der Waals surface area (Å²) in [6.45, 7) is 6.81. The highest BCUT2D eigenvalue weighted by molar-refractivity contribution is 7.19. The second-order valence-corrected chi connectivity index (χ2v) is 10.6. The molecular weight excluding hydrogens is 432 g/mol. The van der Waals surface area contributed by atoms with Crippen LogP contribution in [0.2, 0.25) is 5.15 Å². The maximum atomic E-state index is 12.9. The molecule has 0 aliphatic heterocycles. The van der Waals surface area contributed by atoms with Crippen molar-refractivity contribution in [3.05, 3.63) is 51.4 Å². The summed E-state index contributed by atoms with van der Waals surface area (Å²) in [6, 6.07) is 5.21. The second kappa shape index (κ2) is 8.81. The molecule has 8 heteroatoms. The molecule has 31 heavy (non-hydrogen) atoms. The average Bonchev–Trinajstić information content (AvgIpc) is 3.14. The highest BCUT2D eigenvalue weighted by Gasteiger charge is 2.30. The van der Waals surface area contributed by atoms with Crippen molar-refractivity contribution in [2.75, 3.05) is 6.61 Å². The predicted molar refractivity (Wildman–Crippen MR) is 124 cm³/mol. The molecule has 0 fully saturated rings. The molecule has 0 radical (unpaired) electrons. The molecule has 1 unspecified atom stereocenters. The first-order valence-electron chi connectivity index (χ1n) is 10.6. The molecule has 0 aromatic carbocycles. The summed E-state index contributed by atoms with van der Waals surface area (Å²) in [4.78, 5) is 27.2. The van der Waals surface area contributed by atoms with Gasteiger partial charge in [0, 0.05) is 18.5 Å². The van der Waals surface area contributed by atoms with E-state index in [1.807, 2.05) is 0 Å². The minimum absolute atomic E-state index is 0.0589.